The number of rotatable bonds is 31. The summed E-state index contributed by atoms with van der Waals surface area (Å²) < 4.78 is 16.9. The van der Waals surface area contributed by atoms with Gasteiger partial charge in [-0.1, -0.05) is 35.5 Å². The maximum Gasteiger partial charge on any atom is 0.308 e. The zero-order valence-electron chi connectivity index (χ0n) is 48.2. The first kappa shape index (κ1) is 68.9. The molecule has 86 heavy (non-hydrogen) atoms. The highest BCUT2D eigenvalue weighted by Crippen LogP contribution is 2.39. The maximum atomic E-state index is 14.1. The van der Waals surface area contributed by atoms with Gasteiger partial charge >= 0.3 is 23.9 Å². The number of aryl methyl sites for hydroxylation is 2. The molecule has 1 aromatic heterocycles. The summed E-state index contributed by atoms with van der Waals surface area (Å²) >= 11 is 0. The summed E-state index contributed by atoms with van der Waals surface area (Å²) in [5.41, 5.74) is 12.7. The van der Waals surface area contributed by atoms with Crippen LogP contribution in [0.3, 0.4) is 0 Å². The summed E-state index contributed by atoms with van der Waals surface area (Å²) in [6.45, 7) is 3.94. The Hall–Kier alpha value is -9.55. The molecule has 468 valence electrons. The number of aromatic nitrogens is 3. The van der Waals surface area contributed by atoms with E-state index in [4.69, 9.17) is 31.1 Å². The average molecular weight is 1200 g/mol. The molecule has 0 bridgehead atoms. The van der Waals surface area contributed by atoms with Gasteiger partial charge in [0.25, 0.3) is 5.91 Å². The van der Waals surface area contributed by atoms with Gasteiger partial charge in [-0.3, -0.25) is 67.6 Å². The van der Waals surface area contributed by atoms with Crippen LogP contribution in [0.5, 0.6) is 17.2 Å². The fraction of sp³-hybridized carbons (Fsp3) is 0.509. The summed E-state index contributed by atoms with van der Waals surface area (Å²) in [7, 11) is 0. The van der Waals surface area contributed by atoms with Gasteiger partial charge in [0.2, 0.25) is 47.1 Å². The third-order valence-corrected chi connectivity index (χ3v) is 12.8. The molecule has 1 aliphatic heterocycles. The van der Waals surface area contributed by atoms with E-state index >= 15 is 0 Å². The Morgan fingerprint density at radius 3 is 1.91 bits per heavy atom. The lowest BCUT2D eigenvalue weighted by Gasteiger charge is -2.26. The fourth-order valence-corrected chi connectivity index (χ4v) is 8.54. The van der Waals surface area contributed by atoms with Crippen molar-refractivity contribution in [2.75, 3.05) is 32.7 Å². The van der Waals surface area contributed by atoms with E-state index in [0.717, 1.165) is 20.8 Å². The highest BCUT2D eigenvalue weighted by Gasteiger charge is 2.33. The standard InChI is InChI=1S/C55H77N15O16/c1-32(71)84-43-27-36(28-44(85-33(2)72)48(43)86-34(3)73)49(78)60-22-10-11-23-61-50(79)38(56)16-8-12-25-70-31-37(68-69-70)19-20-45(74)59-21-9-7-17-40-52(81)65-39(18-13-24-62-55(57)58)51(80)63-30-46(75)64-42(29-47(76)77)54(83)67-41(53(82)66-40)26-35-14-5-4-6-15-35/h4-6,14-15,27-28,31,38-42H,7-13,16-26,29-30,56H2,1-3H3,(H,59,74)(H,60,78)(H,61,79)(H,63,80)(H,64,75)(H,65,81)(H,66,82)(H,67,83)(H,76,77)(H4,57,58,62)/t38?,39-,40-,41+,42-/m0/s1. The average Bonchev–Trinajstić information content (AvgIpc) is 4.07. The van der Waals surface area contributed by atoms with Crippen molar-refractivity contribution >= 4 is 77.1 Å². The number of hydrogen-bond donors (Lipinski definition) is 13. The molecule has 0 saturated carbocycles. The van der Waals surface area contributed by atoms with Crippen molar-refractivity contribution in [2.24, 2.45) is 11.5 Å². The molecule has 31 nitrogen and oxygen atoms in total. The smallest absolute Gasteiger partial charge is 0.308 e. The van der Waals surface area contributed by atoms with Gasteiger partial charge in [0.1, 0.15) is 24.2 Å². The van der Waals surface area contributed by atoms with Gasteiger partial charge in [-0.2, -0.15) is 0 Å². The Morgan fingerprint density at radius 2 is 1.27 bits per heavy atom. The lowest BCUT2D eigenvalue weighted by atomic mass is 10.0. The molecule has 4 rings (SSSR count). The van der Waals surface area contributed by atoms with E-state index in [2.05, 4.69) is 58.2 Å². The van der Waals surface area contributed by atoms with Crippen LogP contribution in [-0.4, -0.2) is 160 Å². The Kier molecular flexibility index (Phi) is 29.0. The molecule has 0 aliphatic carbocycles. The number of carbonyl (C=O) groups excluding carboxylic acids is 11. The number of esters is 3. The van der Waals surface area contributed by atoms with E-state index in [-0.39, 0.29) is 112 Å². The molecule has 1 saturated heterocycles. The third kappa shape index (κ3) is 25.9. The van der Waals surface area contributed by atoms with Gasteiger partial charge in [0.05, 0.1) is 24.7 Å². The van der Waals surface area contributed by atoms with Crippen molar-refractivity contribution in [1.82, 2.24) is 62.8 Å². The van der Waals surface area contributed by atoms with Crippen LogP contribution in [0.2, 0.25) is 0 Å². The van der Waals surface area contributed by atoms with Crippen molar-refractivity contribution in [3.8, 4) is 17.2 Å². The second-order valence-electron chi connectivity index (χ2n) is 20.0. The van der Waals surface area contributed by atoms with Crippen LogP contribution in [0.15, 0.2) is 48.7 Å². The first-order valence-corrected chi connectivity index (χ1v) is 28.0. The van der Waals surface area contributed by atoms with Crippen molar-refractivity contribution < 1.29 is 76.9 Å². The molecule has 0 radical (unpaired) electrons. The van der Waals surface area contributed by atoms with Crippen LogP contribution in [0.4, 0.5) is 0 Å². The largest absolute Gasteiger partial charge is 0.481 e. The number of amides is 8. The molecule has 15 N–H and O–H groups in total. The summed E-state index contributed by atoms with van der Waals surface area (Å²) in [6, 6.07) is 4.65. The number of nitrogens with one attached hydrogen (secondary N) is 10. The zero-order valence-corrected chi connectivity index (χ0v) is 48.2. The molecular weight excluding hydrogens is 1130 g/mol. The molecule has 0 spiro atoms. The second-order valence-corrected chi connectivity index (χ2v) is 20.0. The summed E-state index contributed by atoms with van der Waals surface area (Å²) in [4.78, 5) is 153. The van der Waals surface area contributed by atoms with E-state index < -0.39 is 102 Å². The van der Waals surface area contributed by atoms with Crippen LogP contribution in [0, 0.1) is 5.41 Å². The Bertz CT molecular complexity index is 2850. The minimum Gasteiger partial charge on any atom is -0.481 e. The van der Waals surface area contributed by atoms with Crippen molar-refractivity contribution in [3.05, 3.63) is 65.5 Å². The van der Waals surface area contributed by atoms with E-state index in [1.807, 2.05) is 0 Å². The molecule has 1 fully saturated rings. The molecule has 1 unspecified atom stereocenters. The second kappa shape index (κ2) is 36.2. The lowest BCUT2D eigenvalue weighted by molar-refractivity contribution is -0.141. The molecule has 5 atom stereocenters. The number of carboxylic acids is 1. The van der Waals surface area contributed by atoms with Crippen LogP contribution in [-0.2, 0) is 72.1 Å². The first-order chi connectivity index (χ1) is 41.0. The van der Waals surface area contributed by atoms with E-state index in [9.17, 15) is 62.6 Å². The van der Waals surface area contributed by atoms with Crippen molar-refractivity contribution in [3.63, 3.8) is 0 Å². The van der Waals surface area contributed by atoms with Gasteiger partial charge in [-0.05, 0) is 81.9 Å². The summed E-state index contributed by atoms with van der Waals surface area (Å²) in [5.74, 6) is -10.5. The van der Waals surface area contributed by atoms with Crippen LogP contribution in [0.25, 0.3) is 0 Å². The Morgan fingerprint density at radius 1 is 0.698 bits per heavy atom. The fourth-order valence-electron chi connectivity index (χ4n) is 8.54. The van der Waals surface area contributed by atoms with Gasteiger partial charge in [0.15, 0.2) is 17.5 Å². The predicted octanol–water partition coefficient (Wildman–Crippen LogP) is -1.85. The third-order valence-electron chi connectivity index (χ3n) is 12.8. The Labute approximate surface area is 495 Å². The highest BCUT2D eigenvalue weighted by molar-refractivity contribution is 5.99. The van der Waals surface area contributed by atoms with Gasteiger partial charge in [-0.25, -0.2) is 0 Å². The predicted molar refractivity (Wildman–Crippen MR) is 304 cm³/mol. The maximum absolute atomic E-state index is 14.1. The Balaban J connectivity index is 1.21. The van der Waals surface area contributed by atoms with E-state index in [1.54, 1.807) is 41.2 Å². The molecule has 2 aromatic carbocycles. The lowest BCUT2D eigenvalue weighted by Crippen LogP contribution is -2.58. The van der Waals surface area contributed by atoms with Crippen molar-refractivity contribution in [2.45, 2.75) is 147 Å². The number of unbranched alkanes of at least 4 members (excludes halogenated alkanes) is 3. The van der Waals surface area contributed by atoms with Crippen LogP contribution >= 0.6 is 0 Å². The van der Waals surface area contributed by atoms with Gasteiger partial charge < -0.3 is 78.6 Å². The number of guanidine groups is 1. The number of benzene rings is 2. The van der Waals surface area contributed by atoms with E-state index in [0.29, 0.717) is 56.3 Å². The minimum absolute atomic E-state index is 0.00938. The number of nitrogens with zero attached hydrogens (tertiary/aromatic N) is 3. The number of nitrogens with two attached hydrogens (primary N) is 2. The molecule has 3 aromatic rings. The normalized spacial score (nSPS) is 16.8. The molecule has 8 amide bonds. The topological polar surface area (TPSA) is 468 Å². The van der Waals surface area contributed by atoms with Crippen LogP contribution < -0.4 is 73.5 Å². The molecular formula is C55H77N15O16. The number of carboxylic acid groups (broad SMARTS) is 1. The van der Waals surface area contributed by atoms with Crippen molar-refractivity contribution in [1.29, 1.82) is 5.41 Å². The van der Waals surface area contributed by atoms with Gasteiger partial charge in [0, 0.05) is 84.5 Å². The SMILES string of the molecule is CC(=O)Oc1cc(C(=O)NCCCCNC(=O)C(N)CCCCn2cc(CCC(=O)NCCCC[C@@H]3NC(=O)[C@@H](Cc4ccccc4)NC(=O)[C@H](CC(=O)O)NC(=O)CNC(=O)[C@H](CCCNC(=N)N)NC3=O)nn2)cc(OC(C)=O)c1OC(C)=O. The summed E-state index contributed by atoms with van der Waals surface area (Å²) in [6.07, 6.45) is 4.63. The summed E-state index contributed by atoms with van der Waals surface area (Å²) in [5, 5.41) is 48.8. The van der Waals surface area contributed by atoms with E-state index in [1.165, 1.54) is 12.1 Å². The van der Waals surface area contributed by atoms with Crippen LogP contribution in [0.1, 0.15) is 119 Å². The molecule has 31 heteroatoms. The number of ether oxygens (including phenoxy) is 3. The minimum atomic E-state index is -1.64. The zero-order chi connectivity index (χ0) is 63.1. The number of carbonyl (C=O) groups is 12. The molecule has 2 heterocycles. The molecule has 1 aliphatic rings. The monoisotopic (exact) mass is 1200 g/mol. The first-order valence-electron chi connectivity index (χ1n) is 28.0. The highest BCUT2D eigenvalue weighted by atomic mass is 16.6. The number of hydrogen-bond acceptors (Lipinski definition) is 19. The quantitative estimate of drug-likeness (QED) is 0.0111. The van der Waals surface area contributed by atoms with Gasteiger partial charge in [-0.15, -0.1) is 5.10 Å². The number of aliphatic carboxylic acids is 1.